The molecule has 10 heteroatoms. The molecule has 4 heterocycles. The number of quaternary nitrogens is 1. The number of aromatic hydroxyl groups is 1. The normalized spacial score (nSPS) is 34.3. The van der Waals surface area contributed by atoms with Crippen molar-refractivity contribution in [2.75, 3.05) is 33.4 Å². The average molecular weight is 525 g/mol. The lowest BCUT2D eigenvalue weighted by Crippen LogP contribution is -2.67. The topological polar surface area (TPSA) is 124 Å². The standard InChI is InChI=1S/C28H37N5O5/c1-17-26(35)24(11-19-7-6-10-29-12-19)32-13-22(30-28(37)21-8-4-5-9-25(21)34)18(2)33(32,3)14-23(31-27(17)36)20-15-38-16-20/h4-10,12,17-18,20,22-24,26,35H,11,13-16H2,1-3H3,(H2-,30,31,34,36,37)/p+1. The number of carbonyl (C=O) groups is 2. The van der Waals surface area contributed by atoms with Gasteiger partial charge in [0.15, 0.2) is 0 Å². The first-order valence-electron chi connectivity index (χ1n) is 13.4. The highest BCUT2D eigenvalue weighted by Gasteiger charge is 2.57. The van der Waals surface area contributed by atoms with Gasteiger partial charge in [-0.2, -0.15) is 0 Å². The predicted molar refractivity (Wildman–Crippen MR) is 140 cm³/mol. The Hall–Kier alpha value is -3.05. The van der Waals surface area contributed by atoms with Gasteiger partial charge in [-0.1, -0.05) is 25.1 Å². The van der Waals surface area contributed by atoms with E-state index in [0.717, 1.165) is 5.56 Å². The summed E-state index contributed by atoms with van der Waals surface area (Å²) in [5.74, 6) is -0.994. The third-order valence-electron chi connectivity index (χ3n) is 8.89. The van der Waals surface area contributed by atoms with Crippen LogP contribution in [0.25, 0.3) is 0 Å². The quantitative estimate of drug-likeness (QED) is 0.425. The van der Waals surface area contributed by atoms with E-state index in [1.165, 1.54) is 6.07 Å². The largest absolute Gasteiger partial charge is 0.507 e. The number of para-hydroxylation sites is 1. The summed E-state index contributed by atoms with van der Waals surface area (Å²) in [6.45, 7) is 6.13. The van der Waals surface area contributed by atoms with E-state index in [1.54, 1.807) is 37.5 Å². The van der Waals surface area contributed by atoms with Crippen LogP contribution in [0.3, 0.4) is 0 Å². The number of aromatic nitrogens is 1. The highest BCUT2D eigenvalue weighted by Crippen LogP contribution is 2.35. The van der Waals surface area contributed by atoms with Crippen molar-refractivity contribution in [3.05, 3.63) is 59.9 Å². The maximum absolute atomic E-state index is 13.3. The Bertz CT molecular complexity index is 1160. The van der Waals surface area contributed by atoms with Gasteiger partial charge in [0.1, 0.15) is 24.4 Å². The fourth-order valence-corrected chi connectivity index (χ4v) is 6.15. The Morgan fingerprint density at radius 2 is 2.00 bits per heavy atom. The first-order chi connectivity index (χ1) is 18.2. The number of nitrogens with one attached hydrogen (secondary N) is 2. The van der Waals surface area contributed by atoms with Gasteiger partial charge >= 0.3 is 0 Å². The van der Waals surface area contributed by atoms with Crippen molar-refractivity contribution >= 4 is 11.8 Å². The molecule has 2 amide bonds. The molecule has 4 N–H and O–H groups in total. The molecule has 1 aromatic carbocycles. The number of pyridine rings is 1. The number of phenolic OH excluding ortho intramolecular Hbond substituents is 1. The van der Waals surface area contributed by atoms with E-state index in [9.17, 15) is 19.8 Å². The zero-order valence-corrected chi connectivity index (χ0v) is 22.2. The Kier molecular flexibility index (Phi) is 7.41. The fourth-order valence-electron chi connectivity index (χ4n) is 6.15. The third kappa shape index (κ3) is 4.89. The average Bonchev–Trinajstić information content (AvgIpc) is 3.11. The van der Waals surface area contributed by atoms with Crippen LogP contribution in [-0.4, -0.2) is 100 Å². The first-order valence-corrected chi connectivity index (χ1v) is 13.4. The third-order valence-corrected chi connectivity index (χ3v) is 8.89. The van der Waals surface area contributed by atoms with Crippen LogP contribution >= 0.6 is 0 Å². The molecule has 3 fully saturated rings. The van der Waals surface area contributed by atoms with Crippen LogP contribution < -0.4 is 10.6 Å². The number of phenols is 1. The van der Waals surface area contributed by atoms with Gasteiger partial charge in [-0.15, -0.1) is 5.01 Å². The molecule has 0 radical (unpaired) electrons. The highest BCUT2D eigenvalue weighted by molar-refractivity contribution is 5.97. The van der Waals surface area contributed by atoms with Gasteiger partial charge in [0, 0.05) is 18.3 Å². The number of carbonyl (C=O) groups excluding carboxylic acids is 2. The van der Waals surface area contributed by atoms with E-state index in [2.05, 4.69) is 34.6 Å². The Morgan fingerprint density at radius 3 is 2.66 bits per heavy atom. The molecule has 7 unspecified atom stereocenters. The predicted octanol–water partition coefficient (Wildman–Crippen LogP) is 0.704. The number of fused-ring (bicyclic) bond motifs is 1. The number of hydrogen-bond acceptors (Lipinski definition) is 7. The summed E-state index contributed by atoms with van der Waals surface area (Å²) in [4.78, 5) is 30.7. The van der Waals surface area contributed by atoms with E-state index in [0.29, 0.717) is 37.3 Å². The molecule has 0 aliphatic carbocycles. The molecule has 3 aliphatic rings. The van der Waals surface area contributed by atoms with Crippen molar-refractivity contribution in [3.63, 3.8) is 0 Å². The molecule has 10 nitrogen and oxygen atoms in total. The number of hydrogen-bond donors (Lipinski definition) is 4. The Balaban J connectivity index is 1.51. The number of aliphatic hydroxyl groups is 1. The van der Waals surface area contributed by atoms with Crippen molar-refractivity contribution in [1.29, 1.82) is 0 Å². The lowest BCUT2D eigenvalue weighted by Gasteiger charge is -2.47. The van der Waals surface area contributed by atoms with Gasteiger partial charge in [0.05, 0.1) is 56.5 Å². The second-order valence-electron chi connectivity index (χ2n) is 11.2. The number of benzene rings is 1. The van der Waals surface area contributed by atoms with Crippen molar-refractivity contribution in [1.82, 2.24) is 20.6 Å². The van der Waals surface area contributed by atoms with Crippen LogP contribution in [0.5, 0.6) is 5.75 Å². The molecule has 0 saturated carbocycles. The zero-order valence-electron chi connectivity index (χ0n) is 22.2. The molecule has 2 aromatic rings. The number of aliphatic hydroxyl groups excluding tert-OH is 1. The Morgan fingerprint density at radius 1 is 1.24 bits per heavy atom. The maximum atomic E-state index is 13.3. The number of ether oxygens (including phenoxy) is 1. The minimum atomic E-state index is -0.941. The van der Waals surface area contributed by atoms with Gasteiger partial charge in [-0.25, -0.2) is 4.59 Å². The van der Waals surface area contributed by atoms with Crippen molar-refractivity contribution in [2.24, 2.45) is 11.8 Å². The van der Waals surface area contributed by atoms with E-state index >= 15 is 0 Å². The summed E-state index contributed by atoms with van der Waals surface area (Å²) in [5.41, 5.74) is 1.19. The lowest BCUT2D eigenvalue weighted by molar-refractivity contribution is -1.03. The van der Waals surface area contributed by atoms with E-state index < -0.39 is 18.1 Å². The molecule has 38 heavy (non-hydrogen) atoms. The molecule has 5 rings (SSSR count). The summed E-state index contributed by atoms with van der Waals surface area (Å²) in [6, 6.07) is 9.52. The summed E-state index contributed by atoms with van der Waals surface area (Å²) in [7, 11) is 2.12. The van der Waals surface area contributed by atoms with Gasteiger partial charge in [0.2, 0.25) is 5.91 Å². The molecule has 7 atom stereocenters. The lowest BCUT2D eigenvalue weighted by atomic mass is 9.91. The highest BCUT2D eigenvalue weighted by atomic mass is 16.5. The monoisotopic (exact) mass is 524 g/mol. The molecule has 1 aromatic heterocycles. The number of likely N-dealkylation sites (N-methyl/N-ethyl adjacent to an activating group) is 1. The van der Waals surface area contributed by atoms with Crippen LogP contribution in [0.1, 0.15) is 29.8 Å². The van der Waals surface area contributed by atoms with Gasteiger partial charge in [0.25, 0.3) is 5.91 Å². The smallest absolute Gasteiger partial charge is 0.255 e. The summed E-state index contributed by atoms with van der Waals surface area (Å²) in [6.07, 6.45) is 3.07. The number of rotatable bonds is 5. The summed E-state index contributed by atoms with van der Waals surface area (Å²) >= 11 is 0. The van der Waals surface area contributed by atoms with Gasteiger partial charge in [-0.05, 0) is 37.1 Å². The van der Waals surface area contributed by atoms with Crippen LogP contribution in [0.15, 0.2) is 48.8 Å². The van der Waals surface area contributed by atoms with Crippen LogP contribution in [-0.2, 0) is 16.0 Å². The fraction of sp³-hybridized carbons (Fsp3) is 0.536. The number of amides is 2. The molecule has 3 aliphatic heterocycles. The van der Waals surface area contributed by atoms with Crippen molar-refractivity contribution in [3.8, 4) is 5.75 Å². The molecular weight excluding hydrogens is 486 g/mol. The summed E-state index contributed by atoms with van der Waals surface area (Å²) < 4.78 is 5.90. The molecule has 0 spiro atoms. The van der Waals surface area contributed by atoms with Gasteiger partial charge in [-0.3, -0.25) is 14.6 Å². The van der Waals surface area contributed by atoms with Gasteiger partial charge < -0.3 is 25.6 Å². The maximum Gasteiger partial charge on any atom is 0.255 e. The molecule has 204 valence electrons. The Labute approximate surface area is 223 Å². The molecular formula is C28H38N5O5+. The van der Waals surface area contributed by atoms with E-state index in [4.69, 9.17) is 4.74 Å². The zero-order chi connectivity index (χ0) is 27.0. The van der Waals surface area contributed by atoms with E-state index in [1.807, 2.05) is 12.1 Å². The van der Waals surface area contributed by atoms with Crippen LogP contribution in [0, 0.1) is 11.8 Å². The SMILES string of the molecule is CC1C(=O)NC(C2COC2)C[N+]2(C)C(C)C(NC(=O)c3ccccc3O)CN2C(Cc2cccnc2)C1O. The number of nitrogens with zero attached hydrogens (tertiary/aromatic N) is 3. The first kappa shape index (κ1) is 26.6. The van der Waals surface area contributed by atoms with Crippen molar-refractivity contribution in [2.45, 2.75) is 50.5 Å². The summed E-state index contributed by atoms with van der Waals surface area (Å²) in [5, 5.41) is 30.5. The molecule has 0 bridgehead atoms. The van der Waals surface area contributed by atoms with Crippen LogP contribution in [0.2, 0.25) is 0 Å². The van der Waals surface area contributed by atoms with Crippen LogP contribution in [0.4, 0.5) is 0 Å². The van der Waals surface area contributed by atoms with E-state index in [-0.39, 0.29) is 47.2 Å². The van der Waals surface area contributed by atoms with Crippen molar-refractivity contribution < 1.29 is 29.1 Å². The molecule has 3 saturated heterocycles. The minimum absolute atomic E-state index is 0.0642. The second kappa shape index (κ2) is 10.6. The second-order valence-corrected chi connectivity index (χ2v) is 11.2. The minimum Gasteiger partial charge on any atom is -0.507 e.